The molecule has 18 heavy (non-hydrogen) atoms. The van der Waals surface area contributed by atoms with E-state index in [9.17, 15) is 9.18 Å². The molecule has 0 aliphatic rings. The molecule has 0 heterocycles. The molecule has 1 atom stereocenters. The Balaban J connectivity index is 3.18. The number of carboxylic acid groups (broad SMARTS) is 1. The molecule has 0 aromatic heterocycles. The van der Waals surface area contributed by atoms with Gasteiger partial charge in [-0.15, -0.1) is 0 Å². The van der Waals surface area contributed by atoms with Gasteiger partial charge in [-0.2, -0.15) is 0 Å². The highest BCUT2D eigenvalue weighted by Crippen LogP contribution is 2.32. The minimum atomic E-state index is -1.02. The highest BCUT2D eigenvalue weighted by atomic mass is 19.1. The van der Waals surface area contributed by atoms with Crippen LogP contribution in [0.5, 0.6) is 5.75 Å². The number of nitrogens with two attached hydrogens (primary N) is 1. The SMILES string of the molecule is COc1cc(C(N)CC(=O)O)cc(F)c1C(C)C. The molecule has 3 N–H and O–H groups in total. The number of carboxylic acids is 1. The Morgan fingerprint density at radius 1 is 1.50 bits per heavy atom. The predicted molar refractivity (Wildman–Crippen MR) is 66.2 cm³/mol. The van der Waals surface area contributed by atoms with Crippen LogP contribution in [0, 0.1) is 5.82 Å². The maximum absolute atomic E-state index is 14.0. The van der Waals surface area contributed by atoms with E-state index in [0.29, 0.717) is 16.9 Å². The molecule has 0 aliphatic carbocycles. The van der Waals surface area contributed by atoms with E-state index in [1.165, 1.54) is 13.2 Å². The molecule has 100 valence electrons. The molecule has 0 bridgehead atoms. The van der Waals surface area contributed by atoms with Gasteiger partial charge in [0.1, 0.15) is 11.6 Å². The number of benzene rings is 1. The van der Waals surface area contributed by atoms with Crippen LogP contribution in [0.25, 0.3) is 0 Å². The van der Waals surface area contributed by atoms with Crippen LogP contribution in [0.2, 0.25) is 0 Å². The lowest BCUT2D eigenvalue weighted by Gasteiger charge is -2.17. The summed E-state index contributed by atoms with van der Waals surface area (Å²) in [6.45, 7) is 3.72. The number of rotatable bonds is 5. The molecule has 0 fully saturated rings. The minimum absolute atomic E-state index is 0.0234. The molecular formula is C13H18FNO3. The van der Waals surface area contributed by atoms with Crippen molar-refractivity contribution in [3.05, 3.63) is 29.1 Å². The average molecular weight is 255 g/mol. The van der Waals surface area contributed by atoms with Crippen molar-refractivity contribution >= 4 is 5.97 Å². The summed E-state index contributed by atoms with van der Waals surface area (Å²) in [5.74, 6) is -1.06. The normalized spacial score (nSPS) is 12.6. The van der Waals surface area contributed by atoms with Crippen LogP contribution in [0.1, 0.15) is 43.4 Å². The highest BCUT2D eigenvalue weighted by molar-refractivity contribution is 5.68. The minimum Gasteiger partial charge on any atom is -0.496 e. The quantitative estimate of drug-likeness (QED) is 0.847. The summed E-state index contributed by atoms with van der Waals surface area (Å²) in [7, 11) is 1.45. The molecule has 0 aliphatic heterocycles. The first-order valence-electron chi connectivity index (χ1n) is 5.71. The van der Waals surface area contributed by atoms with Gasteiger partial charge in [-0.1, -0.05) is 13.8 Å². The number of carbonyl (C=O) groups is 1. The van der Waals surface area contributed by atoms with E-state index in [-0.39, 0.29) is 12.3 Å². The first kappa shape index (κ1) is 14.4. The van der Waals surface area contributed by atoms with E-state index >= 15 is 0 Å². The number of ether oxygens (including phenoxy) is 1. The van der Waals surface area contributed by atoms with Crippen molar-refractivity contribution in [1.29, 1.82) is 0 Å². The number of hydrogen-bond donors (Lipinski definition) is 2. The van der Waals surface area contributed by atoms with Crippen molar-refractivity contribution in [3.63, 3.8) is 0 Å². The monoisotopic (exact) mass is 255 g/mol. The van der Waals surface area contributed by atoms with Crippen LogP contribution in [0.4, 0.5) is 4.39 Å². The molecule has 1 rings (SSSR count). The van der Waals surface area contributed by atoms with Crippen molar-refractivity contribution in [2.24, 2.45) is 5.73 Å². The lowest BCUT2D eigenvalue weighted by atomic mass is 9.96. The summed E-state index contributed by atoms with van der Waals surface area (Å²) < 4.78 is 19.1. The van der Waals surface area contributed by atoms with Gasteiger partial charge in [-0.05, 0) is 23.6 Å². The molecule has 1 unspecified atom stereocenters. The Hall–Kier alpha value is -1.62. The van der Waals surface area contributed by atoms with E-state index in [2.05, 4.69) is 0 Å². The third-order valence-electron chi connectivity index (χ3n) is 2.73. The van der Waals surface area contributed by atoms with Gasteiger partial charge in [-0.3, -0.25) is 4.79 Å². The van der Waals surface area contributed by atoms with Crippen LogP contribution >= 0.6 is 0 Å². The van der Waals surface area contributed by atoms with Crippen LogP contribution < -0.4 is 10.5 Å². The highest BCUT2D eigenvalue weighted by Gasteiger charge is 2.18. The fraction of sp³-hybridized carbons (Fsp3) is 0.462. The fourth-order valence-electron chi connectivity index (χ4n) is 1.86. The topological polar surface area (TPSA) is 72.5 Å². The lowest BCUT2D eigenvalue weighted by Crippen LogP contribution is -2.16. The van der Waals surface area contributed by atoms with Gasteiger partial charge in [0.05, 0.1) is 13.5 Å². The maximum atomic E-state index is 14.0. The molecule has 0 saturated heterocycles. The third kappa shape index (κ3) is 3.20. The zero-order valence-corrected chi connectivity index (χ0v) is 10.7. The molecule has 0 saturated carbocycles. The van der Waals surface area contributed by atoms with Crippen LogP contribution in [0.3, 0.4) is 0 Å². The van der Waals surface area contributed by atoms with Crippen molar-refractivity contribution in [3.8, 4) is 5.75 Å². The smallest absolute Gasteiger partial charge is 0.305 e. The van der Waals surface area contributed by atoms with Gasteiger partial charge in [0.25, 0.3) is 0 Å². The molecule has 0 spiro atoms. The predicted octanol–water partition coefficient (Wildman–Crippen LogP) is 2.43. The molecule has 0 amide bonds. The molecular weight excluding hydrogens is 237 g/mol. The van der Waals surface area contributed by atoms with Gasteiger partial charge in [0, 0.05) is 11.6 Å². The molecule has 0 radical (unpaired) electrons. The number of aliphatic carboxylic acids is 1. The Bertz CT molecular complexity index is 446. The molecule has 4 nitrogen and oxygen atoms in total. The van der Waals surface area contributed by atoms with Crippen LogP contribution in [0.15, 0.2) is 12.1 Å². The summed E-state index contributed by atoms with van der Waals surface area (Å²) in [4.78, 5) is 10.6. The number of hydrogen-bond acceptors (Lipinski definition) is 3. The molecule has 1 aromatic carbocycles. The summed E-state index contributed by atoms with van der Waals surface area (Å²) in [5, 5.41) is 8.68. The summed E-state index contributed by atoms with van der Waals surface area (Å²) in [6.07, 6.45) is -0.246. The lowest BCUT2D eigenvalue weighted by molar-refractivity contribution is -0.137. The number of methoxy groups -OCH3 is 1. The van der Waals surface area contributed by atoms with Gasteiger partial charge in [-0.25, -0.2) is 4.39 Å². The standard InChI is InChI=1S/C13H18FNO3/c1-7(2)13-9(14)4-8(5-11(13)18-3)10(15)6-12(16)17/h4-5,7,10H,6,15H2,1-3H3,(H,16,17). The Kier molecular flexibility index (Phi) is 4.67. The van der Waals surface area contributed by atoms with Gasteiger partial charge in [0.2, 0.25) is 0 Å². The van der Waals surface area contributed by atoms with Gasteiger partial charge < -0.3 is 15.6 Å². The second-order valence-corrected chi connectivity index (χ2v) is 4.48. The second kappa shape index (κ2) is 5.82. The zero-order chi connectivity index (χ0) is 13.9. The van der Waals surface area contributed by atoms with Crippen molar-refractivity contribution in [2.75, 3.05) is 7.11 Å². The van der Waals surface area contributed by atoms with Crippen LogP contribution in [-0.2, 0) is 4.79 Å². The van der Waals surface area contributed by atoms with Gasteiger partial charge in [0.15, 0.2) is 0 Å². The largest absolute Gasteiger partial charge is 0.496 e. The van der Waals surface area contributed by atoms with E-state index in [1.807, 2.05) is 13.8 Å². The Morgan fingerprint density at radius 3 is 2.56 bits per heavy atom. The first-order valence-corrected chi connectivity index (χ1v) is 5.71. The van der Waals surface area contributed by atoms with E-state index in [1.54, 1.807) is 6.07 Å². The Morgan fingerprint density at radius 2 is 2.11 bits per heavy atom. The fourth-order valence-corrected chi connectivity index (χ4v) is 1.86. The maximum Gasteiger partial charge on any atom is 0.305 e. The third-order valence-corrected chi connectivity index (χ3v) is 2.73. The number of halogens is 1. The van der Waals surface area contributed by atoms with Crippen molar-refractivity contribution in [2.45, 2.75) is 32.2 Å². The zero-order valence-electron chi connectivity index (χ0n) is 10.7. The van der Waals surface area contributed by atoms with Crippen molar-refractivity contribution in [1.82, 2.24) is 0 Å². The summed E-state index contributed by atoms with van der Waals surface area (Å²) >= 11 is 0. The Labute approximate surface area is 106 Å². The van der Waals surface area contributed by atoms with E-state index in [4.69, 9.17) is 15.6 Å². The average Bonchev–Trinajstić information content (AvgIpc) is 2.26. The van der Waals surface area contributed by atoms with Crippen molar-refractivity contribution < 1.29 is 19.0 Å². The summed E-state index contributed by atoms with van der Waals surface area (Å²) in [5.41, 5.74) is 6.61. The summed E-state index contributed by atoms with van der Waals surface area (Å²) in [6, 6.07) is 2.14. The first-order chi connectivity index (χ1) is 8.36. The molecule has 5 heteroatoms. The van der Waals surface area contributed by atoms with Gasteiger partial charge >= 0.3 is 5.97 Å². The van der Waals surface area contributed by atoms with Crippen LogP contribution in [-0.4, -0.2) is 18.2 Å². The second-order valence-electron chi connectivity index (χ2n) is 4.48. The van der Waals surface area contributed by atoms with E-state index < -0.39 is 17.8 Å². The molecule has 1 aromatic rings. The van der Waals surface area contributed by atoms with E-state index in [0.717, 1.165) is 0 Å².